The fourth-order valence-corrected chi connectivity index (χ4v) is 2.67. The smallest absolute Gasteiger partial charge is 0.337 e. The summed E-state index contributed by atoms with van der Waals surface area (Å²) in [7, 11) is 6.32. The van der Waals surface area contributed by atoms with Crippen molar-refractivity contribution >= 4 is 29.2 Å². The average molecular weight is 370 g/mol. The van der Waals surface area contributed by atoms with E-state index in [0.717, 1.165) is 11.3 Å². The van der Waals surface area contributed by atoms with Gasteiger partial charge in [-0.25, -0.2) is 9.59 Å². The third kappa shape index (κ3) is 4.63. The van der Waals surface area contributed by atoms with Crippen LogP contribution in [0.1, 0.15) is 36.6 Å². The molecule has 0 radical (unpaired) electrons. The van der Waals surface area contributed by atoms with Crippen LogP contribution in [0.25, 0.3) is 0 Å². The minimum Gasteiger partial charge on any atom is -0.465 e. The summed E-state index contributed by atoms with van der Waals surface area (Å²) in [5, 5.41) is 2.70. The molecule has 1 N–H and O–H groups in total. The van der Waals surface area contributed by atoms with E-state index in [1.54, 1.807) is 12.1 Å². The molecule has 0 heterocycles. The van der Waals surface area contributed by atoms with E-state index >= 15 is 0 Å². The number of nitrogens with one attached hydrogen (secondary N) is 1. The molecule has 0 unspecified atom stereocenters. The number of amides is 1. The minimum absolute atomic E-state index is 0.134. The van der Waals surface area contributed by atoms with Crippen LogP contribution >= 0.6 is 0 Å². The quantitative estimate of drug-likeness (QED) is 0.815. The highest BCUT2D eigenvalue weighted by molar-refractivity contribution is 6.06. The van der Waals surface area contributed by atoms with Gasteiger partial charge in [0.15, 0.2) is 0 Å². The van der Waals surface area contributed by atoms with Gasteiger partial charge in [0.2, 0.25) is 0 Å². The standard InChI is InChI=1S/C20H22N2O5/c1-12-8-13(6-7-17(12)22(2)3)18(23)21-16-10-14(19(24)26-4)9-15(11-16)20(25)27-5/h6-11H,1-5H3,(H,21,23). The molecular formula is C20H22N2O5. The molecule has 7 heteroatoms. The molecular weight excluding hydrogens is 348 g/mol. The average Bonchev–Trinajstić information content (AvgIpc) is 2.65. The molecule has 2 aromatic carbocycles. The van der Waals surface area contributed by atoms with Gasteiger partial charge in [0, 0.05) is 31.0 Å². The summed E-state index contributed by atoms with van der Waals surface area (Å²) in [6.07, 6.45) is 0. The van der Waals surface area contributed by atoms with Crippen molar-refractivity contribution in [2.45, 2.75) is 6.92 Å². The highest BCUT2D eigenvalue weighted by atomic mass is 16.5. The van der Waals surface area contributed by atoms with E-state index in [2.05, 4.69) is 5.32 Å². The zero-order valence-corrected chi connectivity index (χ0v) is 16.0. The molecule has 142 valence electrons. The normalized spacial score (nSPS) is 10.1. The molecule has 0 bridgehead atoms. The van der Waals surface area contributed by atoms with Crippen molar-refractivity contribution in [2.24, 2.45) is 0 Å². The van der Waals surface area contributed by atoms with E-state index in [1.165, 1.54) is 32.4 Å². The zero-order chi connectivity index (χ0) is 20.1. The lowest BCUT2D eigenvalue weighted by molar-refractivity contribution is 0.0599. The van der Waals surface area contributed by atoms with Gasteiger partial charge in [-0.3, -0.25) is 4.79 Å². The molecule has 2 rings (SSSR count). The number of carbonyl (C=O) groups excluding carboxylic acids is 3. The number of ether oxygens (including phenoxy) is 2. The fourth-order valence-electron chi connectivity index (χ4n) is 2.67. The number of hydrogen-bond acceptors (Lipinski definition) is 6. The lowest BCUT2D eigenvalue weighted by Crippen LogP contribution is -2.15. The minimum atomic E-state index is -0.623. The van der Waals surface area contributed by atoms with Crippen LogP contribution in [-0.4, -0.2) is 46.2 Å². The molecule has 2 aromatic rings. The maximum absolute atomic E-state index is 12.6. The molecule has 0 aliphatic carbocycles. The van der Waals surface area contributed by atoms with Gasteiger partial charge in [0.1, 0.15) is 0 Å². The van der Waals surface area contributed by atoms with Crippen molar-refractivity contribution in [2.75, 3.05) is 38.5 Å². The monoisotopic (exact) mass is 370 g/mol. The third-order valence-corrected chi connectivity index (χ3v) is 3.97. The first kappa shape index (κ1) is 20.0. The first-order valence-corrected chi connectivity index (χ1v) is 8.18. The van der Waals surface area contributed by atoms with Gasteiger partial charge in [-0.2, -0.15) is 0 Å². The number of hydrogen-bond donors (Lipinski definition) is 1. The summed E-state index contributed by atoms with van der Waals surface area (Å²) in [6.45, 7) is 1.92. The second-order valence-corrected chi connectivity index (χ2v) is 6.13. The lowest BCUT2D eigenvalue weighted by atomic mass is 10.1. The highest BCUT2D eigenvalue weighted by Crippen LogP contribution is 2.21. The van der Waals surface area contributed by atoms with E-state index in [4.69, 9.17) is 9.47 Å². The van der Waals surface area contributed by atoms with E-state index < -0.39 is 11.9 Å². The molecule has 0 fully saturated rings. The number of esters is 2. The Labute approximate surface area is 157 Å². The molecule has 27 heavy (non-hydrogen) atoms. The largest absolute Gasteiger partial charge is 0.465 e. The number of aryl methyl sites for hydroxylation is 1. The van der Waals surface area contributed by atoms with Crippen LogP contribution in [0.3, 0.4) is 0 Å². The van der Waals surface area contributed by atoms with Crippen LogP contribution in [-0.2, 0) is 9.47 Å². The van der Waals surface area contributed by atoms with Gasteiger partial charge in [0.05, 0.1) is 25.3 Å². The molecule has 0 saturated heterocycles. The van der Waals surface area contributed by atoms with Gasteiger partial charge < -0.3 is 19.7 Å². The molecule has 0 aromatic heterocycles. The SMILES string of the molecule is COC(=O)c1cc(NC(=O)c2ccc(N(C)C)c(C)c2)cc(C(=O)OC)c1. The van der Waals surface area contributed by atoms with Gasteiger partial charge in [-0.15, -0.1) is 0 Å². The van der Waals surface area contributed by atoms with Gasteiger partial charge >= 0.3 is 11.9 Å². The lowest BCUT2D eigenvalue weighted by Gasteiger charge is -2.16. The van der Waals surface area contributed by atoms with Crippen LogP contribution in [0, 0.1) is 6.92 Å². The van der Waals surface area contributed by atoms with Crippen molar-refractivity contribution in [3.8, 4) is 0 Å². The van der Waals surface area contributed by atoms with Crippen molar-refractivity contribution in [1.82, 2.24) is 0 Å². The van der Waals surface area contributed by atoms with Crippen LogP contribution in [0.2, 0.25) is 0 Å². The second-order valence-electron chi connectivity index (χ2n) is 6.13. The molecule has 0 aliphatic rings. The Morgan fingerprint density at radius 1 is 0.852 bits per heavy atom. The Kier molecular flexibility index (Phi) is 6.18. The highest BCUT2D eigenvalue weighted by Gasteiger charge is 2.16. The zero-order valence-electron chi connectivity index (χ0n) is 16.0. The maximum atomic E-state index is 12.6. The van der Waals surface area contributed by atoms with Crippen LogP contribution in [0.15, 0.2) is 36.4 Å². The van der Waals surface area contributed by atoms with Crippen molar-refractivity contribution in [3.63, 3.8) is 0 Å². The summed E-state index contributed by atoms with van der Waals surface area (Å²) < 4.78 is 9.38. The summed E-state index contributed by atoms with van der Waals surface area (Å²) in [5.74, 6) is -1.61. The summed E-state index contributed by atoms with van der Waals surface area (Å²) in [6, 6.07) is 9.58. The number of anilines is 2. The Balaban J connectivity index is 2.35. The maximum Gasteiger partial charge on any atom is 0.337 e. The Morgan fingerprint density at radius 3 is 1.85 bits per heavy atom. The van der Waals surface area contributed by atoms with E-state index in [-0.39, 0.29) is 22.7 Å². The topological polar surface area (TPSA) is 84.9 Å². The number of benzene rings is 2. The number of nitrogens with zero attached hydrogens (tertiary/aromatic N) is 1. The summed E-state index contributed by atoms with van der Waals surface area (Å²) >= 11 is 0. The van der Waals surface area contributed by atoms with Crippen LogP contribution in [0.4, 0.5) is 11.4 Å². The van der Waals surface area contributed by atoms with E-state index in [1.807, 2.05) is 32.0 Å². The van der Waals surface area contributed by atoms with Crippen molar-refractivity contribution < 1.29 is 23.9 Å². The van der Waals surface area contributed by atoms with Gasteiger partial charge in [0.25, 0.3) is 5.91 Å². The first-order chi connectivity index (χ1) is 12.8. The molecule has 7 nitrogen and oxygen atoms in total. The Hall–Kier alpha value is -3.35. The van der Waals surface area contributed by atoms with Crippen molar-refractivity contribution in [3.05, 3.63) is 58.7 Å². The van der Waals surface area contributed by atoms with Crippen LogP contribution in [0.5, 0.6) is 0 Å². The summed E-state index contributed by atoms with van der Waals surface area (Å²) in [5.41, 5.74) is 2.97. The molecule has 0 aliphatic heterocycles. The molecule has 0 atom stereocenters. The third-order valence-electron chi connectivity index (χ3n) is 3.97. The Morgan fingerprint density at radius 2 is 1.41 bits per heavy atom. The summed E-state index contributed by atoms with van der Waals surface area (Å²) in [4.78, 5) is 38.2. The van der Waals surface area contributed by atoms with Gasteiger partial charge in [-0.1, -0.05) is 0 Å². The fraction of sp³-hybridized carbons (Fsp3) is 0.250. The van der Waals surface area contributed by atoms with E-state index in [9.17, 15) is 14.4 Å². The second kappa shape index (κ2) is 8.35. The first-order valence-electron chi connectivity index (χ1n) is 8.18. The number of methoxy groups -OCH3 is 2. The predicted octanol–water partition coefficient (Wildman–Crippen LogP) is 2.89. The molecule has 0 saturated carbocycles. The number of carbonyl (C=O) groups is 3. The van der Waals surface area contributed by atoms with Crippen LogP contribution < -0.4 is 10.2 Å². The predicted molar refractivity (Wildman–Crippen MR) is 103 cm³/mol. The van der Waals surface area contributed by atoms with E-state index in [0.29, 0.717) is 5.56 Å². The van der Waals surface area contributed by atoms with Gasteiger partial charge in [-0.05, 0) is 48.9 Å². The Bertz CT molecular complexity index is 856. The number of rotatable bonds is 5. The molecule has 0 spiro atoms. The van der Waals surface area contributed by atoms with Crippen molar-refractivity contribution in [1.29, 1.82) is 0 Å². The molecule has 1 amide bonds.